The van der Waals surface area contributed by atoms with Crippen LogP contribution in [0, 0.1) is 0 Å². The summed E-state index contributed by atoms with van der Waals surface area (Å²) in [7, 11) is 0. The van der Waals surface area contributed by atoms with Crippen molar-refractivity contribution in [1.82, 2.24) is 9.97 Å². The van der Waals surface area contributed by atoms with Crippen molar-refractivity contribution in [3.8, 4) is 0 Å². The maximum atomic E-state index is 12.8. The number of nitrogens with zero attached hydrogens (tertiary/aromatic N) is 2. The highest BCUT2D eigenvalue weighted by molar-refractivity contribution is 6.30. The third-order valence-corrected chi connectivity index (χ3v) is 3.43. The van der Waals surface area contributed by atoms with Crippen LogP contribution in [0.3, 0.4) is 0 Å². The molecule has 128 valence electrons. The van der Waals surface area contributed by atoms with E-state index in [0.29, 0.717) is 10.8 Å². The van der Waals surface area contributed by atoms with E-state index in [4.69, 9.17) is 11.6 Å². The minimum absolute atomic E-state index is 0.173. The molecular weight excluding hydrogens is 353 g/mol. The second kappa shape index (κ2) is 6.98. The number of benzene rings is 2. The molecular formula is C17H12ClF3N4. The molecule has 0 saturated carbocycles. The predicted molar refractivity (Wildman–Crippen MR) is 91.5 cm³/mol. The van der Waals surface area contributed by atoms with Gasteiger partial charge in [-0.3, -0.25) is 0 Å². The molecule has 0 radical (unpaired) electrons. The minimum Gasteiger partial charge on any atom is -0.340 e. The number of halogens is 4. The fraction of sp³-hybridized carbons (Fsp3) is 0.0588. The Hall–Kier alpha value is -2.80. The number of hydrogen-bond donors (Lipinski definition) is 2. The van der Waals surface area contributed by atoms with Crippen molar-refractivity contribution in [2.24, 2.45) is 0 Å². The van der Waals surface area contributed by atoms with Crippen LogP contribution in [0.4, 0.5) is 36.3 Å². The van der Waals surface area contributed by atoms with Crippen molar-refractivity contribution < 1.29 is 13.2 Å². The van der Waals surface area contributed by atoms with E-state index in [-0.39, 0.29) is 11.6 Å². The molecule has 0 aliphatic rings. The Labute approximate surface area is 146 Å². The van der Waals surface area contributed by atoms with Crippen molar-refractivity contribution in [2.75, 3.05) is 10.6 Å². The molecule has 0 amide bonds. The third-order valence-electron chi connectivity index (χ3n) is 3.20. The van der Waals surface area contributed by atoms with Crippen LogP contribution in [0.15, 0.2) is 60.8 Å². The first kappa shape index (κ1) is 17.0. The van der Waals surface area contributed by atoms with E-state index in [0.717, 1.165) is 17.8 Å². The van der Waals surface area contributed by atoms with E-state index in [1.165, 1.54) is 18.3 Å². The highest BCUT2D eigenvalue weighted by Crippen LogP contribution is 2.31. The second-order valence-electron chi connectivity index (χ2n) is 5.10. The lowest BCUT2D eigenvalue weighted by Gasteiger charge is -2.11. The molecule has 3 rings (SSSR count). The van der Waals surface area contributed by atoms with Crippen LogP contribution in [0.1, 0.15) is 5.56 Å². The fourth-order valence-corrected chi connectivity index (χ4v) is 2.30. The normalized spacial score (nSPS) is 11.2. The minimum atomic E-state index is -4.41. The molecule has 0 bridgehead atoms. The molecule has 1 heterocycles. The van der Waals surface area contributed by atoms with Crippen LogP contribution in [0.25, 0.3) is 0 Å². The lowest BCUT2D eigenvalue weighted by atomic mass is 10.2. The van der Waals surface area contributed by atoms with Crippen molar-refractivity contribution in [3.05, 3.63) is 71.4 Å². The Morgan fingerprint density at radius 2 is 1.60 bits per heavy atom. The van der Waals surface area contributed by atoms with Crippen LogP contribution in [0.5, 0.6) is 0 Å². The molecule has 0 unspecified atom stereocenters. The van der Waals surface area contributed by atoms with Gasteiger partial charge >= 0.3 is 6.18 Å². The molecule has 0 fully saturated rings. The summed E-state index contributed by atoms with van der Waals surface area (Å²) in [6.07, 6.45) is -2.91. The molecule has 0 saturated heterocycles. The zero-order valence-corrected chi connectivity index (χ0v) is 13.4. The number of anilines is 4. The summed E-state index contributed by atoms with van der Waals surface area (Å²) in [5, 5.41) is 6.39. The van der Waals surface area contributed by atoms with Gasteiger partial charge in [-0.1, -0.05) is 23.7 Å². The average Bonchev–Trinajstić information content (AvgIpc) is 2.55. The largest absolute Gasteiger partial charge is 0.416 e. The van der Waals surface area contributed by atoms with Crippen LogP contribution < -0.4 is 10.6 Å². The van der Waals surface area contributed by atoms with Gasteiger partial charge in [0.2, 0.25) is 5.95 Å². The topological polar surface area (TPSA) is 49.8 Å². The number of rotatable bonds is 4. The van der Waals surface area contributed by atoms with E-state index in [9.17, 15) is 13.2 Å². The lowest BCUT2D eigenvalue weighted by molar-refractivity contribution is -0.137. The second-order valence-corrected chi connectivity index (χ2v) is 5.54. The highest BCUT2D eigenvalue weighted by atomic mass is 35.5. The molecule has 8 heteroatoms. The summed E-state index contributed by atoms with van der Waals surface area (Å²) >= 11 is 5.92. The van der Waals surface area contributed by atoms with Crippen LogP contribution >= 0.6 is 11.6 Å². The highest BCUT2D eigenvalue weighted by Gasteiger charge is 2.30. The SMILES string of the molecule is FC(F)(F)c1cccc(Nc2nccc(Nc3cccc(Cl)c3)n2)c1. The van der Waals surface area contributed by atoms with Crippen molar-refractivity contribution >= 4 is 34.7 Å². The molecule has 25 heavy (non-hydrogen) atoms. The first-order valence-corrected chi connectivity index (χ1v) is 7.58. The Bertz CT molecular complexity index is 884. The summed E-state index contributed by atoms with van der Waals surface area (Å²) < 4.78 is 38.3. The summed E-state index contributed by atoms with van der Waals surface area (Å²) in [6, 6.07) is 13.5. The van der Waals surface area contributed by atoms with Crippen LogP contribution in [-0.4, -0.2) is 9.97 Å². The summed E-state index contributed by atoms with van der Waals surface area (Å²) in [5.74, 6) is 0.651. The van der Waals surface area contributed by atoms with Gasteiger partial charge in [-0.15, -0.1) is 0 Å². The zero-order chi connectivity index (χ0) is 17.9. The molecule has 4 nitrogen and oxygen atoms in total. The van der Waals surface area contributed by atoms with Gasteiger partial charge in [0.25, 0.3) is 0 Å². The van der Waals surface area contributed by atoms with E-state index >= 15 is 0 Å². The molecule has 2 N–H and O–H groups in total. The van der Waals surface area contributed by atoms with Gasteiger partial charge in [0, 0.05) is 22.6 Å². The predicted octanol–water partition coefficient (Wildman–Crippen LogP) is 5.64. The standard InChI is InChI=1S/C17H12ClF3N4/c18-12-4-2-6-14(10-12)23-15-7-8-22-16(25-15)24-13-5-1-3-11(9-13)17(19,20)21/h1-10H,(H2,22,23,24,25). The van der Waals surface area contributed by atoms with Crippen molar-refractivity contribution in [1.29, 1.82) is 0 Å². The van der Waals surface area contributed by atoms with Gasteiger partial charge in [0.15, 0.2) is 0 Å². The number of hydrogen-bond acceptors (Lipinski definition) is 4. The van der Waals surface area contributed by atoms with Crippen molar-refractivity contribution in [2.45, 2.75) is 6.18 Å². The molecule has 2 aromatic carbocycles. The monoisotopic (exact) mass is 364 g/mol. The Balaban J connectivity index is 1.78. The molecule has 0 atom stereocenters. The van der Waals surface area contributed by atoms with E-state index in [2.05, 4.69) is 20.6 Å². The zero-order valence-electron chi connectivity index (χ0n) is 12.7. The summed E-state index contributed by atoms with van der Waals surface area (Å²) in [5.41, 5.74) is 0.233. The molecule has 0 aliphatic heterocycles. The van der Waals surface area contributed by atoms with Crippen LogP contribution in [0.2, 0.25) is 5.02 Å². The molecule has 1 aromatic heterocycles. The maximum absolute atomic E-state index is 12.8. The first-order chi connectivity index (χ1) is 11.9. The van der Waals surface area contributed by atoms with Crippen LogP contribution in [-0.2, 0) is 6.18 Å². The van der Waals surface area contributed by atoms with E-state index < -0.39 is 11.7 Å². The maximum Gasteiger partial charge on any atom is 0.416 e. The quantitative estimate of drug-likeness (QED) is 0.629. The van der Waals surface area contributed by atoms with Gasteiger partial charge in [-0.2, -0.15) is 18.2 Å². The number of alkyl halides is 3. The number of aromatic nitrogens is 2. The smallest absolute Gasteiger partial charge is 0.340 e. The Morgan fingerprint density at radius 3 is 2.32 bits per heavy atom. The summed E-state index contributed by atoms with van der Waals surface area (Å²) in [6.45, 7) is 0. The fourth-order valence-electron chi connectivity index (χ4n) is 2.11. The van der Waals surface area contributed by atoms with E-state index in [1.54, 1.807) is 24.3 Å². The van der Waals surface area contributed by atoms with Crippen molar-refractivity contribution in [3.63, 3.8) is 0 Å². The van der Waals surface area contributed by atoms with E-state index in [1.807, 2.05) is 6.07 Å². The van der Waals surface area contributed by atoms with Gasteiger partial charge in [-0.05, 0) is 42.5 Å². The van der Waals surface area contributed by atoms with Gasteiger partial charge in [0.05, 0.1) is 5.56 Å². The molecule has 0 spiro atoms. The molecule has 3 aromatic rings. The Kier molecular flexibility index (Phi) is 4.76. The first-order valence-electron chi connectivity index (χ1n) is 7.20. The number of nitrogens with one attached hydrogen (secondary N) is 2. The summed E-state index contributed by atoms with van der Waals surface area (Å²) in [4.78, 5) is 8.24. The lowest BCUT2D eigenvalue weighted by Crippen LogP contribution is -2.06. The average molecular weight is 365 g/mol. The van der Waals surface area contributed by atoms with Gasteiger partial charge < -0.3 is 10.6 Å². The van der Waals surface area contributed by atoms with Gasteiger partial charge in [0.1, 0.15) is 5.82 Å². The Morgan fingerprint density at radius 1 is 0.880 bits per heavy atom. The van der Waals surface area contributed by atoms with Gasteiger partial charge in [-0.25, -0.2) is 4.98 Å². The molecule has 0 aliphatic carbocycles. The third kappa shape index (κ3) is 4.60.